The molecule has 96 valence electrons. The molecular weight excluding hydrogens is 230 g/mol. The predicted octanol–water partition coefficient (Wildman–Crippen LogP) is 0.757. The van der Waals surface area contributed by atoms with Crippen LogP contribution in [0.15, 0.2) is 24.3 Å². The summed E-state index contributed by atoms with van der Waals surface area (Å²) in [6.45, 7) is 4.55. The van der Waals surface area contributed by atoms with Crippen LogP contribution in [0.2, 0.25) is 0 Å². The molecule has 18 heavy (non-hydrogen) atoms. The number of carbonyl (C=O) groups excluding carboxylic acids is 1. The van der Waals surface area contributed by atoms with E-state index in [9.17, 15) is 0 Å². The van der Waals surface area contributed by atoms with E-state index in [1.54, 1.807) is 0 Å². The van der Waals surface area contributed by atoms with Crippen molar-refractivity contribution >= 4 is 12.2 Å². The molecule has 0 radical (unpaired) electrons. The van der Waals surface area contributed by atoms with E-state index in [4.69, 9.17) is 10.1 Å². The molecule has 2 rings (SSSR count). The Balaban J connectivity index is 0.000000357. The van der Waals surface area contributed by atoms with Crippen LogP contribution in [0.4, 0.5) is 5.69 Å². The molecule has 0 aliphatic carbocycles. The van der Waals surface area contributed by atoms with Crippen LogP contribution in [0.5, 0.6) is 0 Å². The van der Waals surface area contributed by atoms with E-state index in [1.807, 2.05) is 24.3 Å². The number of piperazine rings is 1. The second kappa shape index (κ2) is 8.09. The minimum atomic E-state index is 0.375. The van der Waals surface area contributed by atoms with E-state index in [0.29, 0.717) is 6.47 Å². The van der Waals surface area contributed by atoms with Gasteiger partial charge in [-0.2, -0.15) is 5.26 Å². The first-order valence-electron chi connectivity index (χ1n) is 5.74. The van der Waals surface area contributed by atoms with Crippen molar-refractivity contribution in [1.82, 2.24) is 5.32 Å². The lowest BCUT2D eigenvalue weighted by atomic mass is 10.2. The predicted molar refractivity (Wildman–Crippen MR) is 69.3 cm³/mol. The average Bonchev–Trinajstić information content (AvgIpc) is 2.48. The van der Waals surface area contributed by atoms with Gasteiger partial charge < -0.3 is 15.0 Å². The summed E-state index contributed by atoms with van der Waals surface area (Å²) in [5.41, 5.74) is 1.94. The van der Waals surface area contributed by atoms with Gasteiger partial charge >= 0.3 is 0 Å². The smallest absolute Gasteiger partial charge is 0.292 e. The maximum atomic E-state index is 8.95. The summed E-state index contributed by atoms with van der Waals surface area (Å²) < 4.78 is 3.86. The Hall–Kier alpha value is -2.06. The van der Waals surface area contributed by atoms with Gasteiger partial charge in [-0.05, 0) is 24.3 Å². The SMILES string of the molecule is COC=O.N#Cc1ccc(N2CCNCC2)cc1. The van der Waals surface area contributed by atoms with Gasteiger partial charge in [0, 0.05) is 31.9 Å². The topological polar surface area (TPSA) is 65.4 Å². The molecule has 1 aromatic carbocycles. The molecule has 5 nitrogen and oxygen atoms in total. The van der Waals surface area contributed by atoms with Crippen molar-refractivity contribution in [2.45, 2.75) is 0 Å². The number of rotatable bonds is 2. The number of hydrogen-bond donors (Lipinski definition) is 1. The number of carbonyl (C=O) groups is 1. The van der Waals surface area contributed by atoms with Crippen LogP contribution in [-0.2, 0) is 9.53 Å². The molecule has 1 fully saturated rings. The van der Waals surface area contributed by atoms with Gasteiger partial charge in [0.2, 0.25) is 0 Å². The first-order valence-corrected chi connectivity index (χ1v) is 5.74. The van der Waals surface area contributed by atoms with Gasteiger partial charge in [-0.3, -0.25) is 4.79 Å². The van der Waals surface area contributed by atoms with Gasteiger partial charge in [0.1, 0.15) is 0 Å². The number of hydrogen-bond acceptors (Lipinski definition) is 5. The van der Waals surface area contributed by atoms with Crippen molar-refractivity contribution in [1.29, 1.82) is 5.26 Å². The van der Waals surface area contributed by atoms with Crippen molar-refractivity contribution in [2.24, 2.45) is 0 Å². The van der Waals surface area contributed by atoms with E-state index in [0.717, 1.165) is 31.7 Å². The van der Waals surface area contributed by atoms with Crippen molar-refractivity contribution in [3.05, 3.63) is 29.8 Å². The Morgan fingerprint density at radius 3 is 2.33 bits per heavy atom. The highest BCUT2D eigenvalue weighted by molar-refractivity contribution is 5.49. The lowest BCUT2D eigenvalue weighted by molar-refractivity contribution is -0.126. The van der Waals surface area contributed by atoms with Gasteiger partial charge in [0.25, 0.3) is 6.47 Å². The maximum absolute atomic E-state index is 8.95. The number of nitriles is 1. The molecule has 1 aromatic rings. The van der Waals surface area contributed by atoms with Gasteiger partial charge in [0.15, 0.2) is 0 Å². The van der Waals surface area contributed by atoms with E-state index < -0.39 is 0 Å². The standard InChI is InChI=1S/C11H13N3.C2H4O2/c12-9-10-1-3-11(4-2-10)14-7-5-13-6-8-14;1-4-2-3/h1-4,13H,5-8H2;2H,1H3. The van der Waals surface area contributed by atoms with Crippen LogP contribution in [0.25, 0.3) is 0 Å². The summed E-state index contributed by atoms with van der Waals surface area (Å²) in [5.74, 6) is 0. The van der Waals surface area contributed by atoms with Crippen LogP contribution in [0.1, 0.15) is 5.56 Å². The highest BCUT2D eigenvalue weighted by Crippen LogP contribution is 2.15. The minimum absolute atomic E-state index is 0.375. The normalized spacial score (nSPS) is 13.9. The molecule has 5 heteroatoms. The monoisotopic (exact) mass is 247 g/mol. The molecule has 1 saturated heterocycles. The molecule has 0 spiro atoms. The Kier molecular flexibility index (Phi) is 6.30. The lowest BCUT2D eigenvalue weighted by Crippen LogP contribution is -2.43. The van der Waals surface area contributed by atoms with Gasteiger partial charge in [-0.1, -0.05) is 0 Å². The zero-order valence-electron chi connectivity index (χ0n) is 10.4. The molecule has 0 bridgehead atoms. The zero-order valence-corrected chi connectivity index (χ0v) is 10.4. The Morgan fingerprint density at radius 2 is 1.89 bits per heavy atom. The first kappa shape index (κ1) is 14.0. The summed E-state index contributed by atoms with van der Waals surface area (Å²) >= 11 is 0. The molecule has 1 aliphatic rings. The van der Waals surface area contributed by atoms with Gasteiger partial charge in [-0.15, -0.1) is 0 Å². The summed E-state index contributed by atoms with van der Waals surface area (Å²) in [4.78, 5) is 11.3. The summed E-state index contributed by atoms with van der Waals surface area (Å²) in [6.07, 6.45) is 0. The fourth-order valence-electron chi connectivity index (χ4n) is 1.67. The number of methoxy groups -OCH3 is 1. The molecular formula is C13H17N3O2. The first-order chi connectivity index (χ1) is 8.81. The van der Waals surface area contributed by atoms with E-state index in [2.05, 4.69) is 21.0 Å². The van der Waals surface area contributed by atoms with Crippen molar-refractivity contribution in [2.75, 3.05) is 38.2 Å². The third kappa shape index (κ3) is 4.44. The fourth-order valence-corrected chi connectivity index (χ4v) is 1.67. The molecule has 1 heterocycles. The van der Waals surface area contributed by atoms with Crippen LogP contribution >= 0.6 is 0 Å². The second-order valence-electron chi connectivity index (χ2n) is 3.73. The van der Waals surface area contributed by atoms with E-state index in [-0.39, 0.29) is 0 Å². The summed E-state index contributed by atoms with van der Waals surface area (Å²) in [6, 6.07) is 9.91. The van der Waals surface area contributed by atoms with Crippen LogP contribution in [0.3, 0.4) is 0 Å². The summed E-state index contributed by atoms with van der Waals surface area (Å²) in [7, 11) is 1.31. The van der Waals surface area contributed by atoms with Crippen LogP contribution < -0.4 is 10.2 Å². The lowest BCUT2D eigenvalue weighted by Gasteiger charge is -2.29. The number of benzene rings is 1. The number of ether oxygens (including phenoxy) is 1. The van der Waals surface area contributed by atoms with E-state index in [1.165, 1.54) is 12.8 Å². The van der Waals surface area contributed by atoms with Gasteiger partial charge in [0.05, 0.1) is 18.7 Å². The maximum Gasteiger partial charge on any atom is 0.292 e. The number of nitrogens with one attached hydrogen (secondary N) is 1. The van der Waals surface area contributed by atoms with E-state index >= 15 is 0 Å². The molecule has 1 N–H and O–H groups in total. The van der Waals surface area contributed by atoms with Crippen LogP contribution in [0, 0.1) is 11.3 Å². The minimum Gasteiger partial charge on any atom is -0.471 e. The Bertz CT molecular complexity index is 392. The third-order valence-electron chi connectivity index (χ3n) is 2.57. The molecule has 1 aliphatic heterocycles. The zero-order chi connectivity index (χ0) is 13.2. The molecule has 0 unspecified atom stereocenters. The third-order valence-corrected chi connectivity index (χ3v) is 2.57. The quantitative estimate of drug-likeness (QED) is 0.781. The summed E-state index contributed by atoms with van der Waals surface area (Å²) in [5, 5.41) is 12.0. The highest BCUT2D eigenvalue weighted by atomic mass is 16.5. The number of anilines is 1. The highest BCUT2D eigenvalue weighted by Gasteiger charge is 2.09. The van der Waals surface area contributed by atoms with Crippen molar-refractivity contribution < 1.29 is 9.53 Å². The van der Waals surface area contributed by atoms with Crippen molar-refractivity contribution in [3.8, 4) is 6.07 Å². The number of nitrogens with zero attached hydrogens (tertiary/aromatic N) is 2. The Morgan fingerprint density at radius 1 is 1.33 bits per heavy atom. The van der Waals surface area contributed by atoms with Gasteiger partial charge in [-0.25, -0.2) is 0 Å². The van der Waals surface area contributed by atoms with Crippen molar-refractivity contribution in [3.63, 3.8) is 0 Å². The molecule has 0 amide bonds. The second-order valence-corrected chi connectivity index (χ2v) is 3.73. The average molecular weight is 247 g/mol. The fraction of sp³-hybridized carbons (Fsp3) is 0.385. The Labute approximate surface area is 107 Å². The molecule has 0 saturated carbocycles. The molecule has 0 atom stereocenters. The molecule has 0 aromatic heterocycles. The van der Waals surface area contributed by atoms with Crippen LogP contribution in [-0.4, -0.2) is 39.8 Å². The largest absolute Gasteiger partial charge is 0.471 e.